The molecule has 5 unspecified atom stereocenters. The lowest BCUT2D eigenvalue weighted by molar-refractivity contribution is 0.283. The average molecular weight is 585 g/mol. The first-order valence-electron chi connectivity index (χ1n) is 17.1. The van der Waals surface area contributed by atoms with Gasteiger partial charge in [-0.3, -0.25) is 0 Å². The van der Waals surface area contributed by atoms with Crippen molar-refractivity contribution < 1.29 is 4.42 Å². The summed E-state index contributed by atoms with van der Waals surface area (Å²) in [6.45, 7) is 0. The Kier molecular flexibility index (Phi) is 6.73. The summed E-state index contributed by atoms with van der Waals surface area (Å²) in [4.78, 5) is 0. The molecule has 5 atom stereocenters. The Morgan fingerprint density at radius 3 is 2.40 bits per heavy atom. The van der Waals surface area contributed by atoms with Crippen LogP contribution in [-0.4, -0.2) is 0 Å². The van der Waals surface area contributed by atoms with Crippen molar-refractivity contribution >= 4 is 23.1 Å². The minimum Gasteiger partial charge on any atom is -0.456 e. The lowest BCUT2D eigenvalue weighted by Gasteiger charge is -2.42. The molecule has 0 bridgehead atoms. The fourth-order valence-electron chi connectivity index (χ4n) is 9.01. The molecule has 1 heteroatoms. The van der Waals surface area contributed by atoms with Gasteiger partial charge in [0.1, 0.15) is 11.3 Å². The minimum absolute atomic E-state index is 0.315. The molecule has 1 heterocycles. The van der Waals surface area contributed by atoms with Crippen molar-refractivity contribution in [3.05, 3.63) is 154 Å². The number of furan rings is 1. The number of aryl methyl sites for hydroxylation is 1. The van der Waals surface area contributed by atoms with Crippen LogP contribution in [0.3, 0.4) is 0 Å². The molecule has 1 aromatic heterocycles. The second-order valence-corrected chi connectivity index (χ2v) is 13.8. The van der Waals surface area contributed by atoms with Crippen LogP contribution in [0.5, 0.6) is 0 Å². The van der Waals surface area contributed by atoms with E-state index in [-0.39, 0.29) is 0 Å². The molecular weight excluding hydrogens is 544 g/mol. The summed E-state index contributed by atoms with van der Waals surface area (Å²) in [7, 11) is 0. The molecule has 0 spiro atoms. The van der Waals surface area contributed by atoms with E-state index in [4.69, 9.17) is 4.42 Å². The summed E-state index contributed by atoms with van der Waals surface area (Å²) >= 11 is 0. The Hall–Kier alpha value is -4.36. The van der Waals surface area contributed by atoms with Crippen LogP contribution in [0.25, 0.3) is 34.2 Å². The lowest BCUT2D eigenvalue weighted by atomic mass is 9.62. The summed E-state index contributed by atoms with van der Waals surface area (Å²) in [5.74, 6) is 3.42. The number of hydrogen-bond donors (Lipinski definition) is 0. The highest BCUT2D eigenvalue weighted by atomic mass is 16.3. The zero-order valence-electron chi connectivity index (χ0n) is 25.9. The van der Waals surface area contributed by atoms with Crippen LogP contribution in [0.1, 0.15) is 78.4 Å². The van der Waals surface area contributed by atoms with Gasteiger partial charge in [-0.1, -0.05) is 121 Å². The Bertz CT molecular complexity index is 1950. The van der Waals surface area contributed by atoms with Crippen LogP contribution >= 0.6 is 0 Å². The van der Waals surface area contributed by atoms with Gasteiger partial charge in [-0.25, -0.2) is 0 Å². The highest BCUT2D eigenvalue weighted by molar-refractivity contribution is 5.90. The van der Waals surface area contributed by atoms with Crippen LogP contribution in [0, 0.1) is 17.8 Å². The quantitative estimate of drug-likeness (QED) is 0.233. The van der Waals surface area contributed by atoms with Gasteiger partial charge < -0.3 is 4.42 Å². The van der Waals surface area contributed by atoms with Crippen LogP contribution in [0.4, 0.5) is 0 Å². The highest BCUT2D eigenvalue weighted by Crippen LogP contribution is 2.54. The maximum atomic E-state index is 6.78. The molecule has 3 aromatic carbocycles. The van der Waals surface area contributed by atoms with E-state index in [1.165, 1.54) is 77.3 Å². The largest absolute Gasteiger partial charge is 0.456 e. The third-order valence-electron chi connectivity index (χ3n) is 11.2. The smallest absolute Gasteiger partial charge is 0.135 e. The third kappa shape index (κ3) is 4.85. The normalized spacial score (nSPS) is 26.6. The maximum Gasteiger partial charge on any atom is 0.135 e. The van der Waals surface area contributed by atoms with E-state index < -0.39 is 0 Å². The van der Waals surface area contributed by atoms with Gasteiger partial charge in [-0.2, -0.15) is 0 Å². The first kappa shape index (κ1) is 27.0. The average Bonchev–Trinajstić information content (AvgIpc) is 3.50. The van der Waals surface area contributed by atoms with E-state index in [1.54, 1.807) is 11.1 Å². The van der Waals surface area contributed by atoms with E-state index in [0.29, 0.717) is 29.6 Å². The topological polar surface area (TPSA) is 13.1 Å². The van der Waals surface area contributed by atoms with Crippen LogP contribution in [-0.2, 0) is 6.42 Å². The third-order valence-corrected chi connectivity index (χ3v) is 11.2. The first-order valence-corrected chi connectivity index (χ1v) is 17.1. The van der Waals surface area contributed by atoms with Gasteiger partial charge in [0.15, 0.2) is 0 Å². The summed E-state index contributed by atoms with van der Waals surface area (Å²) < 4.78 is 6.78. The predicted octanol–water partition coefficient (Wildman–Crippen LogP) is 11.8. The van der Waals surface area contributed by atoms with Crippen molar-refractivity contribution in [2.75, 3.05) is 0 Å². The second kappa shape index (κ2) is 11.2. The van der Waals surface area contributed by atoms with Crippen LogP contribution in [0.2, 0.25) is 0 Å². The van der Waals surface area contributed by atoms with Gasteiger partial charge in [0.05, 0.1) is 0 Å². The summed E-state index contributed by atoms with van der Waals surface area (Å²) in [6.07, 6.45) is 32.3. The molecule has 0 saturated heterocycles. The van der Waals surface area contributed by atoms with Gasteiger partial charge in [-0.15, -0.1) is 0 Å². The van der Waals surface area contributed by atoms with Crippen LogP contribution < -0.4 is 0 Å². The van der Waals surface area contributed by atoms with Gasteiger partial charge in [-0.05, 0) is 108 Å². The standard InChI is InChI=1S/C44H40O/c1-3-11-29(12-4-1)34-21-22-40-42(27-34)45-43-28-41(38-17-9-10-18-39(38)44(40)43)37-25-35(30-13-5-2-6-14-30)24-36(26-37)33-20-19-31-15-7-8-16-32(31)23-33/h1,3-5,8-14,16-23,27-28,35-39H,2,6-7,15,24-26H2. The van der Waals surface area contributed by atoms with Crippen molar-refractivity contribution in [3.8, 4) is 11.1 Å². The summed E-state index contributed by atoms with van der Waals surface area (Å²) in [6, 6.07) is 24.8. The number of allylic oxidation sites excluding steroid dienone is 10. The summed E-state index contributed by atoms with van der Waals surface area (Å²) in [5.41, 5.74) is 12.4. The monoisotopic (exact) mass is 584 g/mol. The fraction of sp³-hybridized carbons (Fsp3) is 0.273. The number of rotatable bonds is 4. The second-order valence-electron chi connectivity index (χ2n) is 13.8. The molecule has 0 aliphatic heterocycles. The SMILES string of the molecule is C1=CC2C(C3CC(C4=CCCC=C4)CC(c4ccc5c(c4)C=CCC5)C3)=Cc3oc4cc(-c5ccccc5)ccc4c3C2C=C1. The molecule has 1 fully saturated rings. The molecule has 1 nitrogen and oxygen atoms in total. The molecule has 0 radical (unpaired) electrons. The van der Waals surface area contributed by atoms with Gasteiger partial charge >= 0.3 is 0 Å². The predicted molar refractivity (Wildman–Crippen MR) is 188 cm³/mol. The highest BCUT2D eigenvalue weighted by Gasteiger charge is 2.40. The van der Waals surface area contributed by atoms with Gasteiger partial charge in [0.2, 0.25) is 0 Å². The Balaban J connectivity index is 1.13. The number of fused-ring (bicyclic) bond motifs is 6. The van der Waals surface area contributed by atoms with E-state index in [2.05, 4.69) is 127 Å². The molecule has 222 valence electrons. The minimum atomic E-state index is 0.315. The van der Waals surface area contributed by atoms with Crippen molar-refractivity contribution in [1.82, 2.24) is 0 Å². The van der Waals surface area contributed by atoms with Crippen molar-refractivity contribution in [2.24, 2.45) is 17.8 Å². The number of hydrogen-bond acceptors (Lipinski definition) is 1. The molecule has 9 rings (SSSR count). The molecule has 45 heavy (non-hydrogen) atoms. The summed E-state index contributed by atoms with van der Waals surface area (Å²) in [5, 5.41) is 1.26. The molecular formula is C44H40O. The zero-order chi connectivity index (χ0) is 29.7. The van der Waals surface area contributed by atoms with Crippen molar-refractivity contribution in [1.29, 1.82) is 0 Å². The first-order chi connectivity index (χ1) is 22.3. The van der Waals surface area contributed by atoms with Gasteiger partial charge in [0, 0.05) is 22.8 Å². The van der Waals surface area contributed by atoms with Crippen LogP contribution in [0.15, 0.2) is 131 Å². The Morgan fingerprint density at radius 1 is 0.667 bits per heavy atom. The Morgan fingerprint density at radius 2 is 1.51 bits per heavy atom. The number of benzene rings is 3. The zero-order valence-corrected chi connectivity index (χ0v) is 25.9. The van der Waals surface area contributed by atoms with Crippen molar-refractivity contribution in [2.45, 2.75) is 56.8 Å². The molecule has 4 aromatic rings. The van der Waals surface area contributed by atoms with Gasteiger partial charge in [0.25, 0.3) is 0 Å². The molecule has 0 N–H and O–H groups in total. The van der Waals surface area contributed by atoms with E-state index in [1.807, 2.05) is 0 Å². The maximum absolute atomic E-state index is 6.78. The van der Waals surface area contributed by atoms with E-state index >= 15 is 0 Å². The molecule has 5 aliphatic carbocycles. The van der Waals surface area contributed by atoms with E-state index in [9.17, 15) is 0 Å². The molecule has 5 aliphatic rings. The molecule has 0 amide bonds. The Labute approximate surface area is 267 Å². The fourth-order valence-corrected chi connectivity index (χ4v) is 9.01. The van der Waals surface area contributed by atoms with E-state index in [0.717, 1.165) is 17.8 Å². The molecule has 1 saturated carbocycles. The lowest BCUT2D eigenvalue weighted by Crippen LogP contribution is -2.29. The van der Waals surface area contributed by atoms with Crippen molar-refractivity contribution in [3.63, 3.8) is 0 Å².